The highest BCUT2D eigenvalue weighted by molar-refractivity contribution is 5.79. The van der Waals surface area contributed by atoms with Gasteiger partial charge in [-0.2, -0.15) is 0 Å². The second-order valence-electron chi connectivity index (χ2n) is 7.31. The first kappa shape index (κ1) is 15.8. The van der Waals surface area contributed by atoms with Crippen molar-refractivity contribution in [3.8, 4) is 0 Å². The summed E-state index contributed by atoms with van der Waals surface area (Å²) in [5.41, 5.74) is -0.709. The van der Waals surface area contributed by atoms with Gasteiger partial charge in [-0.15, -0.1) is 0 Å². The zero-order valence-electron chi connectivity index (χ0n) is 13.4. The van der Waals surface area contributed by atoms with Crippen molar-refractivity contribution in [2.75, 3.05) is 6.54 Å². The number of carboxylic acid groups (broad SMARTS) is 1. The van der Waals surface area contributed by atoms with Crippen LogP contribution in [0.15, 0.2) is 0 Å². The van der Waals surface area contributed by atoms with E-state index in [2.05, 4.69) is 24.1 Å². The van der Waals surface area contributed by atoms with E-state index in [1.807, 2.05) is 13.8 Å². The lowest BCUT2D eigenvalue weighted by Crippen LogP contribution is -2.55. The van der Waals surface area contributed by atoms with E-state index in [9.17, 15) is 9.90 Å². The number of hydrogen-bond donors (Lipinski definition) is 2. The zero-order valence-corrected chi connectivity index (χ0v) is 13.4. The third kappa shape index (κ3) is 3.17. The molecule has 116 valence electrons. The third-order valence-electron chi connectivity index (χ3n) is 5.10. The van der Waals surface area contributed by atoms with E-state index >= 15 is 0 Å². The summed E-state index contributed by atoms with van der Waals surface area (Å²) >= 11 is 0. The lowest BCUT2D eigenvalue weighted by atomic mass is 9.91. The Hall–Kier alpha value is -0.610. The summed E-state index contributed by atoms with van der Waals surface area (Å²) in [4.78, 5) is 14.3. The van der Waals surface area contributed by atoms with E-state index < -0.39 is 11.5 Å². The maximum Gasteiger partial charge on any atom is 0.323 e. The smallest absolute Gasteiger partial charge is 0.323 e. The van der Waals surface area contributed by atoms with Gasteiger partial charge in [-0.05, 0) is 58.8 Å². The summed E-state index contributed by atoms with van der Waals surface area (Å²) < 4.78 is 0. The molecule has 1 saturated heterocycles. The third-order valence-corrected chi connectivity index (χ3v) is 5.10. The summed E-state index contributed by atoms with van der Waals surface area (Å²) in [6, 6.07) is 1.23. The molecule has 2 fully saturated rings. The number of rotatable bonds is 4. The van der Waals surface area contributed by atoms with Crippen molar-refractivity contribution < 1.29 is 9.90 Å². The molecule has 2 aliphatic rings. The summed E-state index contributed by atoms with van der Waals surface area (Å²) in [5, 5.41) is 13.0. The maximum atomic E-state index is 11.8. The molecule has 0 amide bonds. The van der Waals surface area contributed by atoms with Gasteiger partial charge in [-0.25, -0.2) is 0 Å². The minimum Gasteiger partial charge on any atom is -0.480 e. The zero-order chi connectivity index (χ0) is 14.9. The van der Waals surface area contributed by atoms with E-state index in [0.717, 1.165) is 31.7 Å². The van der Waals surface area contributed by atoms with Gasteiger partial charge in [0.1, 0.15) is 5.54 Å². The number of carboxylic acids is 1. The average Bonchev–Trinajstić information content (AvgIpc) is 2.77. The number of carbonyl (C=O) groups is 1. The molecule has 2 N–H and O–H groups in total. The van der Waals surface area contributed by atoms with E-state index in [4.69, 9.17) is 0 Å². The molecule has 0 spiro atoms. The quantitative estimate of drug-likeness (QED) is 0.832. The number of nitrogens with one attached hydrogen (secondary N) is 1. The molecule has 0 aromatic rings. The Morgan fingerprint density at radius 2 is 2.00 bits per heavy atom. The number of likely N-dealkylation sites (tertiary alicyclic amines) is 1. The van der Waals surface area contributed by atoms with Crippen molar-refractivity contribution in [1.82, 2.24) is 10.2 Å². The minimum atomic E-state index is -0.709. The van der Waals surface area contributed by atoms with Gasteiger partial charge in [-0.1, -0.05) is 6.92 Å². The van der Waals surface area contributed by atoms with E-state index in [1.165, 1.54) is 12.8 Å². The van der Waals surface area contributed by atoms with Crippen LogP contribution in [0.3, 0.4) is 0 Å². The molecule has 1 saturated carbocycles. The molecule has 1 heterocycles. The van der Waals surface area contributed by atoms with E-state index in [1.54, 1.807) is 0 Å². The molecule has 4 atom stereocenters. The number of piperidine rings is 1. The van der Waals surface area contributed by atoms with Crippen LogP contribution in [0.2, 0.25) is 0 Å². The highest BCUT2D eigenvalue weighted by atomic mass is 16.4. The molecule has 1 aliphatic carbocycles. The molecule has 4 heteroatoms. The lowest BCUT2D eigenvalue weighted by molar-refractivity contribution is -0.145. The minimum absolute atomic E-state index is 0.211. The first-order chi connectivity index (χ1) is 9.34. The molecule has 20 heavy (non-hydrogen) atoms. The van der Waals surface area contributed by atoms with Gasteiger partial charge in [0, 0.05) is 24.7 Å². The number of aliphatic carboxylic acids is 1. The van der Waals surface area contributed by atoms with Crippen LogP contribution < -0.4 is 5.32 Å². The van der Waals surface area contributed by atoms with Crippen molar-refractivity contribution in [1.29, 1.82) is 0 Å². The molecule has 4 unspecified atom stereocenters. The Labute approximate surface area is 122 Å². The molecule has 0 aromatic carbocycles. The number of hydrogen-bond acceptors (Lipinski definition) is 3. The van der Waals surface area contributed by atoms with Gasteiger partial charge in [0.05, 0.1) is 0 Å². The fourth-order valence-corrected chi connectivity index (χ4v) is 4.07. The molecule has 0 radical (unpaired) electrons. The summed E-state index contributed by atoms with van der Waals surface area (Å²) in [5.74, 6) is 0.0653. The second kappa shape index (κ2) is 6.02. The van der Waals surface area contributed by atoms with Gasteiger partial charge < -0.3 is 5.11 Å². The fourth-order valence-electron chi connectivity index (χ4n) is 4.07. The molecule has 0 aromatic heterocycles. The van der Waals surface area contributed by atoms with Gasteiger partial charge in [0.25, 0.3) is 0 Å². The Bertz CT molecular complexity index is 358. The Kier molecular flexibility index (Phi) is 4.75. The normalized spacial score (nSPS) is 39.4. The SMILES string of the molecule is CC1CCC(C)N(C2CCC(NC(C)C)(C(=O)O)C2)C1. The summed E-state index contributed by atoms with van der Waals surface area (Å²) in [7, 11) is 0. The van der Waals surface area contributed by atoms with Gasteiger partial charge in [0.2, 0.25) is 0 Å². The van der Waals surface area contributed by atoms with Crippen LogP contribution in [-0.4, -0.2) is 46.2 Å². The molecular formula is C16H30N2O2. The van der Waals surface area contributed by atoms with Crippen LogP contribution in [0.5, 0.6) is 0 Å². The van der Waals surface area contributed by atoms with Crippen molar-refractivity contribution in [3.05, 3.63) is 0 Å². The topological polar surface area (TPSA) is 52.6 Å². The van der Waals surface area contributed by atoms with Crippen molar-refractivity contribution >= 4 is 5.97 Å². The second-order valence-corrected chi connectivity index (χ2v) is 7.31. The first-order valence-corrected chi connectivity index (χ1v) is 8.11. The van der Waals surface area contributed by atoms with Crippen LogP contribution in [0.4, 0.5) is 0 Å². The van der Waals surface area contributed by atoms with E-state index in [-0.39, 0.29) is 6.04 Å². The first-order valence-electron chi connectivity index (χ1n) is 8.11. The van der Waals surface area contributed by atoms with Crippen LogP contribution in [0, 0.1) is 5.92 Å². The van der Waals surface area contributed by atoms with Gasteiger partial charge in [0.15, 0.2) is 0 Å². The van der Waals surface area contributed by atoms with Crippen molar-refractivity contribution in [3.63, 3.8) is 0 Å². The largest absolute Gasteiger partial charge is 0.480 e. The van der Waals surface area contributed by atoms with Gasteiger partial charge >= 0.3 is 5.97 Å². The monoisotopic (exact) mass is 282 g/mol. The highest BCUT2D eigenvalue weighted by Gasteiger charge is 2.48. The fraction of sp³-hybridized carbons (Fsp3) is 0.938. The van der Waals surface area contributed by atoms with Gasteiger partial charge in [-0.3, -0.25) is 15.0 Å². The summed E-state index contributed by atoms with van der Waals surface area (Å²) in [6.45, 7) is 9.80. The van der Waals surface area contributed by atoms with Crippen LogP contribution in [0.25, 0.3) is 0 Å². The standard InChI is InChI=1S/C16H30N2O2/c1-11(2)17-16(15(19)20)8-7-14(9-16)18-10-12(3)5-6-13(18)4/h11-14,17H,5-10H2,1-4H3,(H,19,20). The lowest BCUT2D eigenvalue weighted by Gasteiger charge is -2.41. The average molecular weight is 282 g/mol. The summed E-state index contributed by atoms with van der Waals surface area (Å²) in [6.07, 6.45) is 5.05. The van der Waals surface area contributed by atoms with E-state index in [0.29, 0.717) is 12.1 Å². The molecule has 2 rings (SSSR count). The molecular weight excluding hydrogens is 252 g/mol. The maximum absolute atomic E-state index is 11.8. The van der Waals surface area contributed by atoms with Crippen molar-refractivity contribution in [2.45, 2.75) is 83.5 Å². The Morgan fingerprint density at radius 3 is 2.60 bits per heavy atom. The van der Waals surface area contributed by atoms with Crippen molar-refractivity contribution in [2.24, 2.45) is 5.92 Å². The predicted molar refractivity (Wildman–Crippen MR) is 80.8 cm³/mol. The Morgan fingerprint density at radius 1 is 1.30 bits per heavy atom. The molecule has 0 bridgehead atoms. The number of nitrogens with zero attached hydrogens (tertiary/aromatic N) is 1. The molecule has 1 aliphatic heterocycles. The predicted octanol–water partition coefficient (Wildman–Crippen LogP) is 2.48. The van der Waals surface area contributed by atoms with Crippen LogP contribution in [-0.2, 0) is 4.79 Å². The Balaban J connectivity index is 2.07. The van der Waals surface area contributed by atoms with Crippen LogP contribution >= 0.6 is 0 Å². The van der Waals surface area contributed by atoms with Crippen LogP contribution in [0.1, 0.15) is 59.8 Å². The molecule has 4 nitrogen and oxygen atoms in total. The highest BCUT2D eigenvalue weighted by Crippen LogP contribution is 2.37.